The van der Waals surface area contributed by atoms with Crippen LogP contribution in [0.25, 0.3) is 28.3 Å². The van der Waals surface area contributed by atoms with Crippen molar-refractivity contribution < 1.29 is 12.8 Å². The Morgan fingerprint density at radius 1 is 1.17 bits per heavy atom. The van der Waals surface area contributed by atoms with Crippen LogP contribution in [-0.4, -0.2) is 39.2 Å². The predicted octanol–water partition coefficient (Wildman–Crippen LogP) is 0.918. The fraction of sp³-hybridized carbons (Fsp3) is 0.0769. The van der Waals surface area contributed by atoms with Gasteiger partial charge in [0.1, 0.15) is 5.58 Å². The molecule has 0 saturated carbocycles. The lowest BCUT2D eigenvalue weighted by Gasteiger charge is -1.99. The second kappa shape index (κ2) is 4.49. The van der Waals surface area contributed by atoms with E-state index >= 15 is 0 Å². The molecule has 0 amide bonds. The third kappa shape index (κ3) is 2.19. The number of nitrogens with two attached hydrogens (primary N) is 1. The number of fused-ring (bicyclic) bond motifs is 2. The van der Waals surface area contributed by atoms with E-state index in [1.54, 1.807) is 6.07 Å². The molecule has 1 aromatic carbocycles. The number of hydrogen-bond donors (Lipinski definition) is 1. The summed E-state index contributed by atoms with van der Waals surface area (Å²) in [4.78, 5) is 11.8. The lowest BCUT2D eigenvalue weighted by Crippen LogP contribution is -2.11. The van der Waals surface area contributed by atoms with Crippen LogP contribution in [0.15, 0.2) is 39.9 Å². The number of para-hydroxylation sites is 1. The maximum atomic E-state index is 11.6. The molecule has 0 radical (unpaired) electrons. The van der Waals surface area contributed by atoms with E-state index in [9.17, 15) is 8.42 Å². The van der Waals surface area contributed by atoms with E-state index in [-0.39, 0.29) is 17.6 Å². The first-order valence-corrected chi connectivity index (χ1v) is 8.40. The van der Waals surface area contributed by atoms with Gasteiger partial charge in [-0.3, -0.25) is 0 Å². The number of sulfone groups is 1. The van der Waals surface area contributed by atoms with Gasteiger partial charge in [-0.1, -0.05) is 18.2 Å². The Balaban J connectivity index is 1.93. The number of anilines is 1. The molecule has 4 rings (SSSR count). The smallest absolute Gasteiger partial charge is 0.258 e. The van der Waals surface area contributed by atoms with Crippen molar-refractivity contribution in [3.8, 4) is 11.6 Å². The number of rotatable bonds is 2. The van der Waals surface area contributed by atoms with Gasteiger partial charge in [-0.15, -0.1) is 5.10 Å². The lowest BCUT2D eigenvalue weighted by molar-refractivity contribution is 0.592. The fourth-order valence-corrected chi connectivity index (χ4v) is 2.65. The second-order valence-corrected chi connectivity index (χ2v) is 6.84. The molecule has 2 N–H and O–H groups in total. The van der Waals surface area contributed by atoms with Gasteiger partial charge in [0.15, 0.2) is 5.76 Å². The molecule has 10 heteroatoms. The van der Waals surface area contributed by atoms with Crippen LogP contribution in [0.3, 0.4) is 0 Å². The standard InChI is InChI=1S/C13H10N6O3S/c1-23(20,21)13-16-11(14)19-12(17-13)15-10(18-19)9-6-7-4-2-3-5-8(7)22-9/h2-6H,1H3,(H2,14,15,16,17,18). The SMILES string of the molecule is CS(=O)(=O)c1nc(N)n2nc(-c3cc4ccccc4o3)nc2n1. The van der Waals surface area contributed by atoms with Crippen LogP contribution in [0.2, 0.25) is 0 Å². The maximum absolute atomic E-state index is 11.6. The molecule has 4 aromatic rings. The highest BCUT2D eigenvalue weighted by atomic mass is 32.2. The molecule has 3 heterocycles. The minimum Gasteiger partial charge on any atom is -0.453 e. The third-order valence-electron chi connectivity index (χ3n) is 3.19. The van der Waals surface area contributed by atoms with E-state index < -0.39 is 15.0 Å². The van der Waals surface area contributed by atoms with Crippen molar-refractivity contribution in [1.29, 1.82) is 0 Å². The van der Waals surface area contributed by atoms with E-state index in [4.69, 9.17) is 10.2 Å². The zero-order valence-electron chi connectivity index (χ0n) is 11.8. The van der Waals surface area contributed by atoms with Crippen molar-refractivity contribution in [3.05, 3.63) is 30.3 Å². The molecule has 0 fully saturated rings. The van der Waals surface area contributed by atoms with Crippen LogP contribution in [0.4, 0.5) is 5.95 Å². The average molecular weight is 330 g/mol. The Morgan fingerprint density at radius 3 is 2.70 bits per heavy atom. The topological polar surface area (TPSA) is 129 Å². The maximum Gasteiger partial charge on any atom is 0.258 e. The zero-order chi connectivity index (χ0) is 16.2. The van der Waals surface area contributed by atoms with E-state index in [0.717, 1.165) is 16.2 Å². The number of nitrogen functional groups attached to an aromatic ring is 1. The molecule has 116 valence electrons. The van der Waals surface area contributed by atoms with E-state index in [1.807, 2.05) is 24.3 Å². The first-order chi connectivity index (χ1) is 10.9. The summed E-state index contributed by atoms with van der Waals surface area (Å²) in [6, 6.07) is 9.25. The molecule has 0 spiro atoms. The van der Waals surface area contributed by atoms with Crippen LogP contribution in [0, 0.1) is 0 Å². The van der Waals surface area contributed by atoms with E-state index in [2.05, 4.69) is 20.1 Å². The summed E-state index contributed by atoms with van der Waals surface area (Å²) in [6.45, 7) is 0. The number of nitrogens with zero attached hydrogens (tertiary/aromatic N) is 5. The van der Waals surface area contributed by atoms with Gasteiger partial charge in [0.05, 0.1) is 0 Å². The van der Waals surface area contributed by atoms with Crippen molar-refractivity contribution in [2.24, 2.45) is 0 Å². The lowest BCUT2D eigenvalue weighted by atomic mass is 10.2. The van der Waals surface area contributed by atoms with Crippen molar-refractivity contribution >= 4 is 32.5 Å². The molecule has 0 saturated heterocycles. The first kappa shape index (κ1) is 13.6. The van der Waals surface area contributed by atoms with Gasteiger partial charge < -0.3 is 10.2 Å². The summed E-state index contributed by atoms with van der Waals surface area (Å²) in [7, 11) is -3.60. The Morgan fingerprint density at radius 2 is 1.96 bits per heavy atom. The van der Waals surface area contributed by atoms with Crippen LogP contribution >= 0.6 is 0 Å². The summed E-state index contributed by atoms with van der Waals surface area (Å²) >= 11 is 0. The molecule has 3 aromatic heterocycles. The highest BCUT2D eigenvalue weighted by Gasteiger charge is 2.19. The van der Waals surface area contributed by atoms with Crippen LogP contribution < -0.4 is 5.73 Å². The van der Waals surface area contributed by atoms with Crippen LogP contribution in [0.5, 0.6) is 0 Å². The molecule has 0 unspecified atom stereocenters. The van der Waals surface area contributed by atoms with Crippen molar-refractivity contribution in [1.82, 2.24) is 24.6 Å². The molecule has 9 nitrogen and oxygen atoms in total. The van der Waals surface area contributed by atoms with Gasteiger partial charge in [-0.25, -0.2) is 8.42 Å². The summed E-state index contributed by atoms with van der Waals surface area (Å²) in [5.41, 5.74) is 6.43. The highest BCUT2D eigenvalue weighted by molar-refractivity contribution is 7.90. The Kier molecular flexibility index (Phi) is 2.66. The Labute approximate surface area is 129 Å². The quantitative estimate of drug-likeness (QED) is 0.574. The van der Waals surface area contributed by atoms with Gasteiger partial charge in [0.25, 0.3) is 10.9 Å². The largest absolute Gasteiger partial charge is 0.453 e. The number of benzene rings is 1. The molecular formula is C13H10N6O3S. The monoisotopic (exact) mass is 330 g/mol. The summed E-state index contributed by atoms with van der Waals surface area (Å²) in [5.74, 6) is 0.587. The van der Waals surface area contributed by atoms with Crippen LogP contribution in [-0.2, 0) is 9.84 Å². The van der Waals surface area contributed by atoms with Gasteiger partial charge in [-0.05, 0) is 12.1 Å². The number of aromatic nitrogens is 5. The van der Waals surface area contributed by atoms with Gasteiger partial charge in [0, 0.05) is 11.6 Å². The molecule has 0 aliphatic heterocycles. The molecule has 0 atom stereocenters. The molecule has 0 bridgehead atoms. The number of hydrogen-bond acceptors (Lipinski definition) is 8. The van der Waals surface area contributed by atoms with Crippen molar-refractivity contribution in [2.75, 3.05) is 12.0 Å². The van der Waals surface area contributed by atoms with Crippen molar-refractivity contribution in [2.45, 2.75) is 5.16 Å². The summed E-state index contributed by atoms with van der Waals surface area (Å²) in [5, 5.41) is 4.67. The average Bonchev–Trinajstić information content (AvgIpc) is 3.09. The van der Waals surface area contributed by atoms with Gasteiger partial charge in [-0.2, -0.15) is 19.5 Å². The highest BCUT2D eigenvalue weighted by Crippen LogP contribution is 2.26. The second-order valence-electron chi connectivity index (χ2n) is 4.93. The third-order valence-corrected chi connectivity index (χ3v) is 4.04. The summed E-state index contributed by atoms with van der Waals surface area (Å²) in [6.07, 6.45) is 0.995. The Hall–Kier alpha value is -3.01. The molecular weight excluding hydrogens is 320 g/mol. The molecule has 23 heavy (non-hydrogen) atoms. The van der Waals surface area contributed by atoms with Gasteiger partial charge >= 0.3 is 0 Å². The molecule has 0 aliphatic carbocycles. The fourth-order valence-electron chi connectivity index (χ4n) is 2.15. The van der Waals surface area contributed by atoms with Gasteiger partial charge in [0.2, 0.25) is 21.6 Å². The first-order valence-electron chi connectivity index (χ1n) is 6.51. The summed E-state index contributed by atoms with van der Waals surface area (Å²) < 4.78 is 30.0. The Bertz CT molecular complexity index is 1130. The normalized spacial score (nSPS) is 12.2. The minimum atomic E-state index is -3.60. The number of furan rings is 1. The zero-order valence-corrected chi connectivity index (χ0v) is 12.6. The van der Waals surface area contributed by atoms with Crippen LogP contribution in [0.1, 0.15) is 0 Å². The predicted molar refractivity (Wildman–Crippen MR) is 81.3 cm³/mol. The van der Waals surface area contributed by atoms with E-state index in [1.165, 1.54) is 0 Å². The molecule has 0 aliphatic rings. The minimum absolute atomic E-state index is 0.0355. The van der Waals surface area contributed by atoms with Crippen molar-refractivity contribution in [3.63, 3.8) is 0 Å². The van der Waals surface area contributed by atoms with E-state index in [0.29, 0.717) is 11.3 Å².